The van der Waals surface area contributed by atoms with E-state index >= 15 is 0 Å². The second-order valence-electron chi connectivity index (χ2n) is 3.75. The van der Waals surface area contributed by atoms with Crippen LogP contribution in [0.15, 0.2) is 35.3 Å². The molecule has 1 aliphatic rings. The number of thioether (sulfide) groups is 1. The first-order valence-corrected chi connectivity index (χ1v) is 6.10. The second-order valence-corrected chi connectivity index (χ2v) is 4.80. The monoisotopic (exact) mass is 230 g/mol. The lowest BCUT2D eigenvalue weighted by Crippen LogP contribution is -1.94. The number of carbonyl (C=O) groups is 1. The second kappa shape index (κ2) is 3.79. The van der Waals surface area contributed by atoms with Crippen LogP contribution in [0.3, 0.4) is 0 Å². The molecule has 1 aliphatic heterocycles. The van der Waals surface area contributed by atoms with E-state index in [1.54, 1.807) is 0 Å². The summed E-state index contributed by atoms with van der Waals surface area (Å²) in [5.41, 5.74) is 2.24. The molecule has 1 amide bonds. The molecule has 4 heteroatoms. The Morgan fingerprint density at radius 3 is 3.00 bits per heavy atom. The Hall–Kier alpha value is -1.55. The van der Waals surface area contributed by atoms with Gasteiger partial charge in [0.2, 0.25) is 0 Å². The van der Waals surface area contributed by atoms with Crippen molar-refractivity contribution in [3.05, 3.63) is 36.0 Å². The Kier molecular flexibility index (Phi) is 2.29. The third-order valence-corrected chi connectivity index (χ3v) is 3.50. The molecule has 0 spiro atoms. The number of rotatable bonds is 2. The number of H-pyrrole nitrogens is 1. The summed E-state index contributed by atoms with van der Waals surface area (Å²) in [5, 5.41) is 2.11. The average molecular weight is 230 g/mol. The normalized spacial score (nSPS) is 15.8. The SMILES string of the molecule is O=C1CSC(Cc2cc3ccccc3[nH]2)=N1. The molecule has 0 saturated heterocycles. The van der Waals surface area contributed by atoms with Crippen LogP contribution in [-0.4, -0.2) is 21.7 Å². The summed E-state index contributed by atoms with van der Waals surface area (Å²) in [4.78, 5) is 18.3. The van der Waals surface area contributed by atoms with Gasteiger partial charge in [-0.15, -0.1) is 11.8 Å². The maximum Gasteiger partial charge on any atom is 0.256 e. The van der Waals surface area contributed by atoms with Crippen molar-refractivity contribution < 1.29 is 4.79 Å². The number of aromatic amines is 1. The number of amides is 1. The van der Waals surface area contributed by atoms with Crippen molar-refractivity contribution in [1.82, 2.24) is 4.98 Å². The highest BCUT2D eigenvalue weighted by Gasteiger charge is 2.15. The molecule has 0 atom stereocenters. The summed E-state index contributed by atoms with van der Waals surface area (Å²) in [6.45, 7) is 0. The zero-order valence-corrected chi connectivity index (χ0v) is 9.38. The zero-order chi connectivity index (χ0) is 11.0. The number of aromatic nitrogens is 1. The van der Waals surface area contributed by atoms with E-state index in [1.807, 2.05) is 18.2 Å². The highest BCUT2D eigenvalue weighted by molar-refractivity contribution is 8.15. The van der Waals surface area contributed by atoms with Gasteiger partial charge in [-0.2, -0.15) is 0 Å². The van der Waals surface area contributed by atoms with Gasteiger partial charge in [0.1, 0.15) is 0 Å². The van der Waals surface area contributed by atoms with Gasteiger partial charge < -0.3 is 4.98 Å². The molecule has 1 aromatic carbocycles. The molecular formula is C12H10N2OS. The quantitative estimate of drug-likeness (QED) is 0.861. The van der Waals surface area contributed by atoms with Gasteiger partial charge in [0.25, 0.3) is 5.91 Å². The summed E-state index contributed by atoms with van der Waals surface area (Å²) < 4.78 is 0. The van der Waals surface area contributed by atoms with Crippen molar-refractivity contribution in [3.8, 4) is 0 Å². The van der Waals surface area contributed by atoms with E-state index in [0.29, 0.717) is 5.75 Å². The van der Waals surface area contributed by atoms with Gasteiger partial charge in [0.05, 0.1) is 10.8 Å². The molecular weight excluding hydrogens is 220 g/mol. The maximum absolute atomic E-state index is 11.0. The van der Waals surface area contributed by atoms with E-state index < -0.39 is 0 Å². The molecule has 0 fully saturated rings. The lowest BCUT2D eigenvalue weighted by atomic mass is 10.2. The van der Waals surface area contributed by atoms with Crippen LogP contribution in [-0.2, 0) is 11.2 Å². The molecule has 1 N–H and O–H groups in total. The predicted octanol–water partition coefficient (Wildman–Crippen LogP) is 2.38. The third-order valence-electron chi connectivity index (χ3n) is 2.54. The van der Waals surface area contributed by atoms with Crippen molar-refractivity contribution in [2.45, 2.75) is 6.42 Å². The van der Waals surface area contributed by atoms with Crippen molar-refractivity contribution in [2.24, 2.45) is 4.99 Å². The Balaban J connectivity index is 1.90. The van der Waals surface area contributed by atoms with Crippen LogP contribution in [0, 0.1) is 0 Å². The summed E-state index contributed by atoms with van der Waals surface area (Å²) in [6.07, 6.45) is 0.727. The average Bonchev–Trinajstić information content (AvgIpc) is 2.84. The van der Waals surface area contributed by atoms with Crippen LogP contribution in [0.2, 0.25) is 0 Å². The van der Waals surface area contributed by atoms with Gasteiger partial charge in [-0.3, -0.25) is 4.79 Å². The molecule has 2 heterocycles. The van der Waals surface area contributed by atoms with Crippen LogP contribution in [0.1, 0.15) is 5.69 Å². The summed E-state index contributed by atoms with van der Waals surface area (Å²) in [7, 11) is 0. The molecule has 0 bridgehead atoms. The number of aliphatic imine (C=N–C) groups is 1. The molecule has 3 rings (SSSR count). The van der Waals surface area contributed by atoms with Gasteiger partial charge in [-0.1, -0.05) is 18.2 Å². The highest BCUT2D eigenvalue weighted by Crippen LogP contribution is 2.20. The molecule has 1 aromatic heterocycles. The van der Waals surface area contributed by atoms with Crippen molar-refractivity contribution in [3.63, 3.8) is 0 Å². The molecule has 0 radical (unpaired) electrons. The summed E-state index contributed by atoms with van der Waals surface area (Å²) in [5.74, 6) is 0.478. The van der Waals surface area contributed by atoms with Crippen molar-refractivity contribution >= 4 is 33.6 Å². The van der Waals surface area contributed by atoms with E-state index in [2.05, 4.69) is 22.1 Å². The fourth-order valence-electron chi connectivity index (χ4n) is 1.83. The summed E-state index contributed by atoms with van der Waals surface area (Å²) >= 11 is 1.54. The van der Waals surface area contributed by atoms with Crippen LogP contribution >= 0.6 is 11.8 Å². The number of fused-ring (bicyclic) bond motifs is 1. The standard InChI is InChI=1S/C12H10N2OS/c15-11-7-16-12(14-11)6-9-5-8-3-1-2-4-10(8)13-9/h1-5,13H,6-7H2. The minimum atomic E-state index is -0.0175. The van der Waals surface area contributed by atoms with E-state index in [0.717, 1.165) is 22.7 Å². The Labute approximate surface area is 97.0 Å². The van der Waals surface area contributed by atoms with Crippen LogP contribution in [0.25, 0.3) is 10.9 Å². The fourth-order valence-corrected chi connectivity index (χ4v) is 2.61. The van der Waals surface area contributed by atoms with E-state index in [9.17, 15) is 4.79 Å². The molecule has 80 valence electrons. The highest BCUT2D eigenvalue weighted by atomic mass is 32.2. The number of nitrogens with zero attached hydrogens (tertiary/aromatic N) is 1. The van der Waals surface area contributed by atoms with Crippen LogP contribution < -0.4 is 0 Å². The molecule has 16 heavy (non-hydrogen) atoms. The lowest BCUT2D eigenvalue weighted by Gasteiger charge is -1.94. The van der Waals surface area contributed by atoms with Gasteiger partial charge in [-0.25, -0.2) is 4.99 Å². The van der Waals surface area contributed by atoms with Gasteiger partial charge in [0, 0.05) is 17.6 Å². The van der Waals surface area contributed by atoms with Gasteiger partial charge >= 0.3 is 0 Å². The first-order valence-electron chi connectivity index (χ1n) is 5.11. The number of hydrogen-bond acceptors (Lipinski definition) is 2. The first-order chi connectivity index (χ1) is 7.81. The lowest BCUT2D eigenvalue weighted by molar-refractivity contribution is -0.115. The van der Waals surface area contributed by atoms with E-state index in [-0.39, 0.29) is 5.91 Å². The van der Waals surface area contributed by atoms with Gasteiger partial charge in [0.15, 0.2) is 0 Å². The minimum absolute atomic E-state index is 0.0175. The first kappa shape index (κ1) is 9.66. The van der Waals surface area contributed by atoms with Crippen LogP contribution in [0.4, 0.5) is 0 Å². The molecule has 2 aromatic rings. The maximum atomic E-state index is 11.0. The van der Waals surface area contributed by atoms with E-state index in [1.165, 1.54) is 17.1 Å². The zero-order valence-electron chi connectivity index (χ0n) is 8.56. The Morgan fingerprint density at radius 2 is 2.25 bits per heavy atom. The van der Waals surface area contributed by atoms with E-state index in [4.69, 9.17) is 0 Å². The third kappa shape index (κ3) is 1.76. The van der Waals surface area contributed by atoms with Crippen molar-refractivity contribution in [2.75, 3.05) is 5.75 Å². The number of para-hydroxylation sites is 1. The molecule has 3 nitrogen and oxygen atoms in total. The molecule has 0 unspecified atom stereocenters. The Bertz CT molecular complexity index is 552. The number of carbonyl (C=O) groups excluding carboxylic acids is 1. The molecule has 0 saturated carbocycles. The molecule has 0 aliphatic carbocycles. The minimum Gasteiger partial charge on any atom is -0.358 e. The van der Waals surface area contributed by atoms with Crippen LogP contribution in [0.5, 0.6) is 0 Å². The largest absolute Gasteiger partial charge is 0.358 e. The van der Waals surface area contributed by atoms with Gasteiger partial charge in [-0.05, 0) is 17.5 Å². The fraction of sp³-hybridized carbons (Fsp3) is 0.167. The number of benzene rings is 1. The number of nitrogens with one attached hydrogen (secondary N) is 1. The number of hydrogen-bond donors (Lipinski definition) is 1. The predicted molar refractivity (Wildman–Crippen MR) is 66.9 cm³/mol. The topological polar surface area (TPSA) is 45.2 Å². The Morgan fingerprint density at radius 1 is 1.38 bits per heavy atom. The summed E-state index contributed by atoms with van der Waals surface area (Å²) in [6, 6.07) is 10.3. The van der Waals surface area contributed by atoms with Crippen molar-refractivity contribution in [1.29, 1.82) is 0 Å². The smallest absolute Gasteiger partial charge is 0.256 e.